The number of hydrogen-bond donors (Lipinski definition) is 0. The first-order valence-corrected chi connectivity index (χ1v) is 9.05. The Morgan fingerprint density at radius 2 is 1.73 bits per heavy atom. The zero-order chi connectivity index (χ0) is 21.6. The molecule has 154 valence electrons. The summed E-state index contributed by atoms with van der Waals surface area (Å²) < 4.78 is 57.1. The lowest BCUT2D eigenvalue weighted by molar-refractivity contribution is -0.118. The molecular formula is C21H15F4N3O2. The number of carbonyl (C=O) groups excluding carboxylic acids is 1. The molecular weight excluding hydrogens is 402 g/mol. The number of halogens is 4. The second-order valence-electron chi connectivity index (χ2n) is 6.97. The Hall–Kier alpha value is -3.49. The molecule has 0 N–H and O–H groups in total. The normalized spacial score (nSPS) is 11.5. The van der Waals surface area contributed by atoms with E-state index in [1.54, 1.807) is 7.05 Å². The van der Waals surface area contributed by atoms with Crippen molar-refractivity contribution < 1.29 is 22.4 Å². The summed E-state index contributed by atoms with van der Waals surface area (Å²) in [7, 11) is 1.58. The third kappa shape index (κ3) is 3.36. The van der Waals surface area contributed by atoms with Crippen LogP contribution in [0.2, 0.25) is 0 Å². The Morgan fingerprint density at radius 3 is 2.47 bits per heavy atom. The Morgan fingerprint density at radius 1 is 1.00 bits per heavy atom. The maximum Gasteiger partial charge on any atom is 0.262 e. The minimum Gasteiger partial charge on any atom is -0.307 e. The van der Waals surface area contributed by atoms with E-state index in [1.807, 2.05) is 0 Å². The highest BCUT2D eigenvalue weighted by molar-refractivity contribution is 6.03. The minimum atomic E-state index is -1.13. The Kier molecular flexibility index (Phi) is 4.89. The monoisotopic (exact) mass is 417 g/mol. The predicted molar refractivity (Wildman–Crippen MR) is 102 cm³/mol. The maximum absolute atomic E-state index is 13.9. The molecule has 0 radical (unpaired) electrons. The quantitative estimate of drug-likeness (QED) is 0.466. The molecule has 0 aliphatic heterocycles. The van der Waals surface area contributed by atoms with Crippen LogP contribution in [0.5, 0.6) is 0 Å². The molecule has 0 aliphatic carbocycles. The van der Waals surface area contributed by atoms with Gasteiger partial charge in [-0.1, -0.05) is 6.07 Å². The molecule has 30 heavy (non-hydrogen) atoms. The summed E-state index contributed by atoms with van der Waals surface area (Å²) in [6.07, 6.45) is 0.887. The van der Waals surface area contributed by atoms with Gasteiger partial charge in [-0.25, -0.2) is 17.6 Å². The lowest BCUT2D eigenvalue weighted by Crippen LogP contribution is -2.23. The van der Waals surface area contributed by atoms with Crippen molar-refractivity contribution in [3.63, 3.8) is 0 Å². The van der Waals surface area contributed by atoms with E-state index in [9.17, 15) is 27.2 Å². The standard InChI is InChI=1S/C21H15F4N3O2/c1-27-20-14-8-17(24)18(25)9-19(14)28(21(30)15(20)10-26-27)5-4-13(29)6-11-2-3-12(22)7-16(11)23/h2-3,7-10H,4-6H2,1H3. The summed E-state index contributed by atoms with van der Waals surface area (Å²) in [6, 6.07) is 4.82. The molecule has 0 saturated carbocycles. The second kappa shape index (κ2) is 7.40. The molecule has 5 nitrogen and oxygen atoms in total. The van der Waals surface area contributed by atoms with Crippen LogP contribution in [0.1, 0.15) is 12.0 Å². The van der Waals surface area contributed by atoms with Crippen LogP contribution in [-0.4, -0.2) is 20.1 Å². The molecule has 0 atom stereocenters. The van der Waals surface area contributed by atoms with Gasteiger partial charge in [-0.15, -0.1) is 0 Å². The highest BCUT2D eigenvalue weighted by atomic mass is 19.2. The number of aryl methyl sites for hydroxylation is 2. The van der Waals surface area contributed by atoms with E-state index >= 15 is 0 Å². The van der Waals surface area contributed by atoms with Crippen molar-refractivity contribution in [1.82, 2.24) is 14.3 Å². The second-order valence-corrected chi connectivity index (χ2v) is 6.97. The lowest BCUT2D eigenvalue weighted by atomic mass is 10.1. The molecule has 0 aliphatic rings. The highest BCUT2D eigenvalue weighted by Gasteiger charge is 2.18. The van der Waals surface area contributed by atoms with Gasteiger partial charge in [0.2, 0.25) is 0 Å². The first-order chi connectivity index (χ1) is 14.3. The predicted octanol–water partition coefficient (Wildman–Crippen LogP) is 3.65. The number of fused-ring (bicyclic) bond motifs is 3. The Balaban J connectivity index is 1.71. The van der Waals surface area contributed by atoms with Crippen LogP contribution in [0, 0.1) is 23.3 Å². The highest BCUT2D eigenvalue weighted by Crippen LogP contribution is 2.25. The van der Waals surface area contributed by atoms with Crippen molar-refractivity contribution in [1.29, 1.82) is 0 Å². The lowest BCUT2D eigenvalue weighted by Gasteiger charge is -2.12. The van der Waals surface area contributed by atoms with Gasteiger partial charge in [0.1, 0.15) is 17.4 Å². The number of rotatable bonds is 5. The van der Waals surface area contributed by atoms with Crippen LogP contribution >= 0.6 is 0 Å². The number of nitrogens with zero attached hydrogens (tertiary/aromatic N) is 3. The first-order valence-electron chi connectivity index (χ1n) is 9.05. The van der Waals surface area contributed by atoms with Crippen LogP contribution < -0.4 is 5.56 Å². The SMILES string of the molecule is Cn1ncc2c(=O)n(CCC(=O)Cc3ccc(F)cc3F)c3cc(F)c(F)cc3c21. The summed E-state index contributed by atoms with van der Waals surface area (Å²) in [4.78, 5) is 25.2. The summed E-state index contributed by atoms with van der Waals surface area (Å²) >= 11 is 0. The summed E-state index contributed by atoms with van der Waals surface area (Å²) in [5.41, 5.74) is 0.00688. The first kappa shape index (κ1) is 19.8. The molecule has 0 spiro atoms. The van der Waals surface area contributed by atoms with E-state index < -0.39 is 34.6 Å². The van der Waals surface area contributed by atoms with Crippen LogP contribution in [-0.2, 0) is 24.8 Å². The van der Waals surface area contributed by atoms with Crippen molar-refractivity contribution in [2.75, 3.05) is 0 Å². The largest absolute Gasteiger partial charge is 0.307 e. The van der Waals surface area contributed by atoms with Crippen LogP contribution in [0.3, 0.4) is 0 Å². The fourth-order valence-electron chi connectivity index (χ4n) is 3.54. The summed E-state index contributed by atoms with van der Waals surface area (Å²) in [5.74, 6) is -4.18. The minimum absolute atomic E-state index is 0.0365. The number of pyridine rings is 1. The van der Waals surface area contributed by atoms with Crippen molar-refractivity contribution in [3.8, 4) is 0 Å². The molecule has 0 bridgehead atoms. The fourth-order valence-corrected chi connectivity index (χ4v) is 3.54. The number of hydrogen-bond acceptors (Lipinski definition) is 3. The molecule has 0 fully saturated rings. The van der Waals surface area contributed by atoms with Gasteiger partial charge in [0.15, 0.2) is 11.6 Å². The molecule has 2 aromatic carbocycles. The molecule has 4 aromatic rings. The van der Waals surface area contributed by atoms with Gasteiger partial charge < -0.3 is 4.57 Å². The zero-order valence-corrected chi connectivity index (χ0v) is 15.8. The molecule has 2 heterocycles. The Labute approximate surface area is 167 Å². The van der Waals surface area contributed by atoms with Crippen molar-refractivity contribution in [2.24, 2.45) is 7.05 Å². The average Bonchev–Trinajstić information content (AvgIpc) is 3.08. The van der Waals surface area contributed by atoms with Crippen molar-refractivity contribution in [3.05, 3.63) is 75.7 Å². The van der Waals surface area contributed by atoms with Gasteiger partial charge in [-0.3, -0.25) is 14.3 Å². The molecule has 4 rings (SSSR count). The van der Waals surface area contributed by atoms with Crippen LogP contribution in [0.4, 0.5) is 17.6 Å². The van der Waals surface area contributed by atoms with Gasteiger partial charge in [-0.05, 0) is 17.7 Å². The van der Waals surface area contributed by atoms with E-state index in [-0.39, 0.29) is 41.2 Å². The number of aromatic nitrogens is 3. The van der Waals surface area contributed by atoms with Gasteiger partial charge in [0.05, 0.1) is 22.6 Å². The van der Waals surface area contributed by atoms with Gasteiger partial charge >= 0.3 is 0 Å². The zero-order valence-electron chi connectivity index (χ0n) is 15.8. The van der Waals surface area contributed by atoms with E-state index in [2.05, 4.69) is 5.10 Å². The van der Waals surface area contributed by atoms with Crippen molar-refractivity contribution in [2.45, 2.75) is 19.4 Å². The van der Waals surface area contributed by atoms with E-state index in [0.29, 0.717) is 11.6 Å². The van der Waals surface area contributed by atoms with Gasteiger partial charge in [0, 0.05) is 44.0 Å². The van der Waals surface area contributed by atoms with E-state index in [1.165, 1.54) is 21.5 Å². The van der Waals surface area contributed by atoms with Crippen molar-refractivity contribution >= 4 is 27.6 Å². The van der Waals surface area contributed by atoms with E-state index in [0.717, 1.165) is 18.2 Å². The number of Topliss-reactive ketones (excluding diaryl/α,β-unsaturated/α-hetero) is 1. The number of benzene rings is 2. The molecule has 0 unspecified atom stereocenters. The summed E-state index contributed by atoms with van der Waals surface area (Å²) in [6.45, 7) is -0.118. The van der Waals surface area contributed by atoms with E-state index in [4.69, 9.17) is 0 Å². The third-order valence-electron chi connectivity index (χ3n) is 5.02. The maximum atomic E-state index is 13.9. The molecule has 0 saturated heterocycles. The topological polar surface area (TPSA) is 56.9 Å². The third-order valence-corrected chi connectivity index (χ3v) is 5.02. The summed E-state index contributed by atoms with van der Waals surface area (Å²) in [5, 5.41) is 4.50. The van der Waals surface area contributed by atoms with Crippen LogP contribution in [0.15, 0.2) is 41.3 Å². The fraction of sp³-hybridized carbons (Fsp3) is 0.190. The Bertz CT molecular complexity index is 1370. The smallest absolute Gasteiger partial charge is 0.262 e. The number of carbonyl (C=O) groups is 1. The van der Waals surface area contributed by atoms with Crippen LogP contribution in [0.25, 0.3) is 21.8 Å². The number of ketones is 1. The van der Waals surface area contributed by atoms with Gasteiger partial charge in [0.25, 0.3) is 5.56 Å². The molecule has 9 heteroatoms. The van der Waals surface area contributed by atoms with Gasteiger partial charge in [-0.2, -0.15) is 5.10 Å². The molecule has 2 aromatic heterocycles. The average molecular weight is 417 g/mol. The molecule has 0 amide bonds.